The molecule has 3 fully saturated rings. The first-order chi connectivity index (χ1) is 18.7. The molecule has 1 amide bonds. The van der Waals surface area contributed by atoms with E-state index < -0.39 is 11.0 Å². The lowest BCUT2D eigenvalue weighted by Crippen LogP contribution is -2.51. The maximum Gasteiger partial charge on any atom is 0.223 e. The van der Waals surface area contributed by atoms with Gasteiger partial charge in [-0.2, -0.15) is 0 Å². The van der Waals surface area contributed by atoms with Gasteiger partial charge in [-0.25, -0.2) is 8.51 Å². The summed E-state index contributed by atoms with van der Waals surface area (Å²) in [6.07, 6.45) is 6.64. The molecule has 0 bridgehead atoms. The number of ether oxygens (including phenoxy) is 1. The van der Waals surface area contributed by atoms with Gasteiger partial charge in [0.1, 0.15) is 16.7 Å². The van der Waals surface area contributed by atoms with Gasteiger partial charge in [0.25, 0.3) is 0 Å². The summed E-state index contributed by atoms with van der Waals surface area (Å²) >= 11 is 0. The molecule has 1 aromatic rings. The Morgan fingerprint density at radius 1 is 0.923 bits per heavy atom. The van der Waals surface area contributed by atoms with Gasteiger partial charge in [0.2, 0.25) is 5.91 Å². The average Bonchev–Trinajstić information content (AvgIpc) is 3.42. The summed E-state index contributed by atoms with van der Waals surface area (Å²) in [6.45, 7) is 12.1. The maximum absolute atomic E-state index is 13.2. The molecular formula is C30H51N5O3S. The van der Waals surface area contributed by atoms with Gasteiger partial charge in [0.15, 0.2) is 0 Å². The van der Waals surface area contributed by atoms with E-state index in [1.807, 2.05) is 37.9 Å². The molecule has 3 aliphatic heterocycles. The Bertz CT molecular complexity index is 966. The number of piperidine rings is 2. The van der Waals surface area contributed by atoms with Gasteiger partial charge < -0.3 is 19.4 Å². The fourth-order valence-corrected chi connectivity index (χ4v) is 8.09. The van der Waals surface area contributed by atoms with Crippen molar-refractivity contribution in [1.82, 2.24) is 23.9 Å². The normalized spacial score (nSPS) is 23.2. The van der Waals surface area contributed by atoms with Crippen LogP contribution >= 0.6 is 0 Å². The monoisotopic (exact) mass is 561 g/mol. The van der Waals surface area contributed by atoms with E-state index in [1.165, 1.54) is 45.3 Å². The molecule has 0 spiro atoms. The number of methoxy groups -OCH3 is 1. The minimum atomic E-state index is -1.31. The van der Waals surface area contributed by atoms with Gasteiger partial charge in [-0.05, 0) is 115 Å². The van der Waals surface area contributed by atoms with Crippen molar-refractivity contribution in [3.8, 4) is 5.75 Å². The Morgan fingerprint density at radius 2 is 1.49 bits per heavy atom. The first-order valence-corrected chi connectivity index (χ1v) is 16.0. The number of carbonyl (C=O) groups excluding carboxylic acids is 1. The summed E-state index contributed by atoms with van der Waals surface area (Å²) in [5, 5.41) is 0. The quantitative estimate of drug-likeness (QED) is 0.438. The van der Waals surface area contributed by atoms with Crippen LogP contribution in [-0.2, 0) is 15.8 Å². The van der Waals surface area contributed by atoms with E-state index >= 15 is 0 Å². The Morgan fingerprint density at radius 3 is 2.08 bits per heavy atom. The van der Waals surface area contributed by atoms with Crippen molar-refractivity contribution in [2.45, 2.75) is 69.4 Å². The third-order valence-electron chi connectivity index (χ3n) is 9.09. The Balaban J connectivity index is 1.18. The van der Waals surface area contributed by atoms with Crippen LogP contribution in [0.5, 0.6) is 5.75 Å². The Labute approximate surface area is 239 Å². The topological polar surface area (TPSA) is 59.6 Å². The number of likely N-dealkylation sites (tertiary alicyclic amines) is 3. The number of hydrogen-bond acceptors (Lipinski definition) is 6. The lowest BCUT2D eigenvalue weighted by molar-refractivity contribution is -0.130. The molecule has 0 saturated carbocycles. The standard InChI is InChI=1S/C30H51N5O3S/c1-23-19-28(38-6)20-24(2)30(23)39(37)32(5)13-12-29(36)35-18-11-27(22-35)34-16-9-26(10-17-34)33-14-7-25(8-15-33)21-31(3)4/h19-20,25-27H,7-18,21-22H2,1-6H3. The molecule has 1 aromatic carbocycles. The van der Waals surface area contributed by atoms with Crippen LogP contribution in [-0.4, -0.2) is 127 Å². The SMILES string of the molecule is COc1cc(C)c(S(=O)N(C)CCC(=O)N2CCC(N3CCC(N4CCC(CN(C)C)CC4)CC3)C2)c(C)c1. The molecule has 3 heterocycles. The molecule has 0 aliphatic carbocycles. The van der Waals surface area contributed by atoms with Crippen molar-refractivity contribution in [2.75, 3.05) is 80.6 Å². The summed E-state index contributed by atoms with van der Waals surface area (Å²) in [5.74, 6) is 1.81. The third kappa shape index (κ3) is 7.82. The zero-order valence-corrected chi connectivity index (χ0v) is 26.0. The molecule has 2 atom stereocenters. The second-order valence-corrected chi connectivity index (χ2v) is 13.8. The Hall–Kier alpha value is -1.52. The lowest BCUT2D eigenvalue weighted by Gasteiger charge is -2.43. The molecule has 3 aliphatic rings. The van der Waals surface area contributed by atoms with E-state index in [2.05, 4.69) is 28.8 Å². The van der Waals surface area contributed by atoms with E-state index in [9.17, 15) is 9.00 Å². The number of hydrogen-bond donors (Lipinski definition) is 0. The van der Waals surface area contributed by atoms with Crippen LogP contribution in [0.4, 0.5) is 0 Å². The van der Waals surface area contributed by atoms with Crippen LogP contribution in [0.1, 0.15) is 49.7 Å². The molecule has 2 unspecified atom stereocenters. The van der Waals surface area contributed by atoms with E-state index in [0.29, 0.717) is 19.0 Å². The smallest absolute Gasteiger partial charge is 0.223 e. The number of rotatable bonds is 10. The molecule has 8 nitrogen and oxygen atoms in total. The predicted molar refractivity (Wildman–Crippen MR) is 159 cm³/mol. The maximum atomic E-state index is 13.2. The molecule has 4 rings (SSSR count). The van der Waals surface area contributed by atoms with Gasteiger partial charge in [-0.15, -0.1) is 0 Å². The van der Waals surface area contributed by atoms with Crippen LogP contribution in [0.3, 0.4) is 0 Å². The molecule has 0 aromatic heterocycles. The highest BCUT2D eigenvalue weighted by Gasteiger charge is 2.34. The summed E-state index contributed by atoms with van der Waals surface area (Å²) in [6, 6.07) is 5.05. The van der Waals surface area contributed by atoms with E-state index in [4.69, 9.17) is 4.74 Å². The highest BCUT2D eigenvalue weighted by molar-refractivity contribution is 7.82. The fraction of sp³-hybridized carbons (Fsp3) is 0.767. The lowest BCUT2D eigenvalue weighted by atomic mass is 9.93. The van der Waals surface area contributed by atoms with Crippen LogP contribution < -0.4 is 4.74 Å². The molecule has 220 valence electrons. The summed E-state index contributed by atoms with van der Waals surface area (Å²) in [4.78, 5) is 23.6. The van der Waals surface area contributed by atoms with Crippen molar-refractivity contribution in [1.29, 1.82) is 0 Å². The van der Waals surface area contributed by atoms with E-state index in [0.717, 1.165) is 66.3 Å². The summed E-state index contributed by atoms with van der Waals surface area (Å²) in [5.41, 5.74) is 1.90. The van der Waals surface area contributed by atoms with E-state index in [1.54, 1.807) is 11.4 Å². The van der Waals surface area contributed by atoms with Gasteiger partial charge in [0.05, 0.1) is 12.0 Å². The molecule has 0 N–H and O–H groups in total. The van der Waals surface area contributed by atoms with Crippen LogP contribution in [0.2, 0.25) is 0 Å². The number of amides is 1. The number of carbonyl (C=O) groups is 1. The molecule has 39 heavy (non-hydrogen) atoms. The number of benzene rings is 1. The van der Waals surface area contributed by atoms with E-state index in [-0.39, 0.29) is 5.91 Å². The van der Waals surface area contributed by atoms with Crippen molar-refractivity contribution in [2.24, 2.45) is 5.92 Å². The van der Waals surface area contributed by atoms with Gasteiger partial charge in [-0.3, -0.25) is 9.69 Å². The second-order valence-electron chi connectivity index (χ2n) is 12.2. The highest BCUT2D eigenvalue weighted by atomic mass is 32.2. The van der Waals surface area contributed by atoms with Crippen LogP contribution in [0.15, 0.2) is 17.0 Å². The zero-order valence-electron chi connectivity index (χ0n) is 25.2. The zero-order chi connectivity index (χ0) is 28.1. The first-order valence-electron chi connectivity index (χ1n) is 14.8. The summed E-state index contributed by atoms with van der Waals surface area (Å²) in [7, 11) is 6.55. The molecule has 9 heteroatoms. The van der Waals surface area contributed by atoms with Crippen LogP contribution in [0, 0.1) is 19.8 Å². The van der Waals surface area contributed by atoms with Crippen LogP contribution in [0.25, 0.3) is 0 Å². The third-order valence-corrected chi connectivity index (χ3v) is 10.8. The van der Waals surface area contributed by atoms with Gasteiger partial charge in [-0.1, -0.05) is 0 Å². The second kappa shape index (κ2) is 13.9. The highest BCUT2D eigenvalue weighted by Crippen LogP contribution is 2.28. The largest absolute Gasteiger partial charge is 0.497 e. The average molecular weight is 562 g/mol. The molecular weight excluding hydrogens is 510 g/mol. The minimum absolute atomic E-state index is 0.181. The molecule has 3 saturated heterocycles. The van der Waals surface area contributed by atoms with Gasteiger partial charge >= 0.3 is 0 Å². The van der Waals surface area contributed by atoms with Gasteiger partial charge in [0, 0.05) is 51.7 Å². The number of nitrogens with zero attached hydrogens (tertiary/aromatic N) is 5. The van der Waals surface area contributed by atoms with Crippen molar-refractivity contribution < 1.29 is 13.7 Å². The van der Waals surface area contributed by atoms with Crippen molar-refractivity contribution >= 4 is 16.9 Å². The van der Waals surface area contributed by atoms with Crippen molar-refractivity contribution in [3.63, 3.8) is 0 Å². The summed E-state index contributed by atoms with van der Waals surface area (Å²) < 4.78 is 20.4. The number of aryl methyl sites for hydroxylation is 2. The fourth-order valence-electron chi connectivity index (χ4n) is 6.85. The van der Waals surface area contributed by atoms with Crippen molar-refractivity contribution in [3.05, 3.63) is 23.3 Å². The first kappa shape index (κ1) is 30.4. The molecule has 0 radical (unpaired) electrons. The Kier molecular flexibility index (Phi) is 10.8. The minimum Gasteiger partial charge on any atom is -0.497 e. The predicted octanol–water partition coefficient (Wildman–Crippen LogP) is 3.00.